The Balaban J connectivity index is 2.17. The van der Waals surface area contributed by atoms with Gasteiger partial charge in [-0.1, -0.05) is 12.1 Å². The minimum Gasteiger partial charge on any atom is -0.497 e. The number of amides is 1. The van der Waals surface area contributed by atoms with Gasteiger partial charge >= 0.3 is 12.7 Å². The number of nitrogens with zero attached hydrogens (tertiary/aromatic N) is 2. The molecule has 1 aromatic carbocycles. The number of hydrogen-bond acceptors (Lipinski definition) is 5. The van der Waals surface area contributed by atoms with E-state index in [1.54, 1.807) is 52.1 Å². The third-order valence-corrected chi connectivity index (χ3v) is 3.07. The van der Waals surface area contributed by atoms with Crippen molar-refractivity contribution in [2.75, 3.05) is 12.4 Å². The average molecular weight is 369 g/mol. The first-order chi connectivity index (χ1) is 12.2. The lowest BCUT2D eigenvalue weighted by Gasteiger charge is -2.18. The maximum Gasteiger partial charge on any atom is 0.413 e. The fourth-order valence-electron chi connectivity index (χ4n) is 2.07. The standard InChI is InChI=1S/C17H21F2N3O4/c1-17(2,3)26-16(23)20-13-9-14(25-15(18)19)22(21-13)10-11-5-7-12(24-4)8-6-11/h5-9,15H,10H2,1-4H3,(H,20,21,23). The first-order valence-corrected chi connectivity index (χ1v) is 7.82. The molecule has 1 amide bonds. The SMILES string of the molecule is COc1ccc(Cn2nc(NC(=O)OC(C)(C)C)cc2OC(F)F)cc1. The number of aromatic nitrogens is 2. The Hall–Kier alpha value is -2.84. The van der Waals surface area contributed by atoms with Gasteiger partial charge in [-0.2, -0.15) is 13.9 Å². The fraction of sp³-hybridized carbons (Fsp3) is 0.412. The molecule has 0 spiro atoms. The normalized spacial score (nSPS) is 11.3. The smallest absolute Gasteiger partial charge is 0.413 e. The van der Waals surface area contributed by atoms with Crippen LogP contribution >= 0.6 is 0 Å². The summed E-state index contributed by atoms with van der Waals surface area (Å²) in [4.78, 5) is 11.8. The predicted octanol–water partition coefficient (Wildman–Crippen LogP) is 3.89. The minimum atomic E-state index is -3.02. The summed E-state index contributed by atoms with van der Waals surface area (Å²) in [6.45, 7) is 2.28. The van der Waals surface area contributed by atoms with Crippen molar-refractivity contribution in [3.63, 3.8) is 0 Å². The van der Waals surface area contributed by atoms with Gasteiger partial charge in [-0.25, -0.2) is 9.48 Å². The van der Waals surface area contributed by atoms with Crippen molar-refractivity contribution in [1.29, 1.82) is 0 Å². The zero-order valence-electron chi connectivity index (χ0n) is 15.0. The molecule has 2 rings (SSSR count). The summed E-state index contributed by atoms with van der Waals surface area (Å²) in [5.74, 6) is 0.538. The monoisotopic (exact) mass is 369 g/mol. The molecule has 0 fully saturated rings. The molecule has 2 aromatic rings. The summed E-state index contributed by atoms with van der Waals surface area (Å²) in [5, 5.41) is 6.48. The van der Waals surface area contributed by atoms with E-state index in [4.69, 9.17) is 9.47 Å². The zero-order valence-corrected chi connectivity index (χ0v) is 15.0. The van der Waals surface area contributed by atoms with Gasteiger partial charge in [0.15, 0.2) is 5.82 Å². The van der Waals surface area contributed by atoms with Gasteiger partial charge in [-0.05, 0) is 38.5 Å². The molecule has 142 valence electrons. The Morgan fingerprint density at radius 2 is 1.92 bits per heavy atom. The number of rotatable bonds is 6. The number of hydrogen-bond donors (Lipinski definition) is 1. The number of methoxy groups -OCH3 is 1. The molecular weight excluding hydrogens is 348 g/mol. The van der Waals surface area contributed by atoms with Gasteiger partial charge in [0.2, 0.25) is 5.88 Å². The fourth-order valence-corrected chi connectivity index (χ4v) is 2.07. The molecule has 0 aliphatic rings. The maximum atomic E-state index is 12.6. The molecule has 0 aliphatic heterocycles. The van der Waals surface area contributed by atoms with Gasteiger partial charge in [0.25, 0.3) is 0 Å². The van der Waals surface area contributed by atoms with E-state index in [0.29, 0.717) is 5.75 Å². The van der Waals surface area contributed by atoms with Crippen molar-refractivity contribution in [3.05, 3.63) is 35.9 Å². The summed E-state index contributed by atoms with van der Waals surface area (Å²) in [5.41, 5.74) is 0.0924. The zero-order chi connectivity index (χ0) is 19.3. The summed E-state index contributed by atoms with van der Waals surface area (Å²) in [6, 6.07) is 8.24. The third kappa shape index (κ3) is 5.91. The average Bonchev–Trinajstić information content (AvgIpc) is 2.86. The molecule has 0 atom stereocenters. The number of carbonyl (C=O) groups excluding carboxylic acids is 1. The molecular formula is C17H21F2N3O4. The maximum absolute atomic E-state index is 12.6. The van der Waals surface area contributed by atoms with Crippen LogP contribution in [0.5, 0.6) is 11.6 Å². The molecule has 0 unspecified atom stereocenters. The highest BCUT2D eigenvalue weighted by molar-refractivity contribution is 5.83. The minimum absolute atomic E-state index is 0.0448. The summed E-state index contributed by atoms with van der Waals surface area (Å²) in [7, 11) is 1.55. The van der Waals surface area contributed by atoms with Crippen molar-refractivity contribution in [2.24, 2.45) is 0 Å². The van der Waals surface area contributed by atoms with E-state index in [-0.39, 0.29) is 18.2 Å². The van der Waals surface area contributed by atoms with Crippen LogP contribution in [0.4, 0.5) is 19.4 Å². The Morgan fingerprint density at radius 3 is 2.46 bits per heavy atom. The van der Waals surface area contributed by atoms with E-state index in [9.17, 15) is 13.6 Å². The number of benzene rings is 1. The largest absolute Gasteiger partial charge is 0.497 e. The highest BCUT2D eigenvalue weighted by Gasteiger charge is 2.19. The van der Waals surface area contributed by atoms with Crippen molar-refractivity contribution < 1.29 is 27.8 Å². The summed E-state index contributed by atoms with van der Waals surface area (Å²) >= 11 is 0. The van der Waals surface area contributed by atoms with Gasteiger partial charge in [-0.3, -0.25) is 5.32 Å². The molecule has 0 aliphatic carbocycles. The Labute approximate surface area is 149 Å². The molecule has 1 aromatic heterocycles. The number of halogens is 2. The number of alkyl halides is 2. The third-order valence-electron chi connectivity index (χ3n) is 3.07. The van der Waals surface area contributed by atoms with Crippen LogP contribution in [0.1, 0.15) is 26.3 Å². The quantitative estimate of drug-likeness (QED) is 0.836. The summed E-state index contributed by atoms with van der Waals surface area (Å²) in [6.07, 6.45) is -0.741. The van der Waals surface area contributed by atoms with E-state index in [1.165, 1.54) is 10.7 Å². The van der Waals surface area contributed by atoms with Crippen molar-refractivity contribution in [2.45, 2.75) is 39.5 Å². The molecule has 1 N–H and O–H groups in total. The van der Waals surface area contributed by atoms with Crippen molar-refractivity contribution >= 4 is 11.9 Å². The second-order valence-electron chi connectivity index (χ2n) is 6.38. The first kappa shape index (κ1) is 19.5. The van der Waals surface area contributed by atoms with E-state index in [1.807, 2.05) is 0 Å². The molecule has 0 radical (unpaired) electrons. The lowest BCUT2D eigenvalue weighted by Crippen LogP contribution is -2.27. The molecule has 26 heavy (non-hydrogen) atoms. The molecule has 0 saturated heterocycles. The molecule has 1 heterocycles. The first-order valence-electron chi connectivity index (χ1n) is 7.82. The van der Waals surface area contributed by atoms with Gasteiger partial charge < -0.3 is 14.2 Å². The lowest BCUT2D eigenvalue weighted by molar-refractivity contribution is -0.0556. The van der Waals surface area contributed by atoms with E-state index >= 15 is 0 Å². The Bertz CT molecular complexity index is 739. The Morgan fingerprint density at radius 1 is 1.27 bits per heavy atom. The Kier molecular flexibility index (Phi) is 6.01. The van der Waals surface area contributed by atoms with Crippen LogP contribution in [0.2, 0.25) is 0 Å². The summed E-state index contributed by atoms with van der Waals surface area (Å²) < 4.78 is 41.2. The topological polar surface area (TPSA) is 74.6 Å². The van der Waals surface area contributed by atoms with Gasteiger partial charge in [0.05, 0.1) is 13.7 Å². The van der Waals surface area contributed by atoms with Crippen LogP contribution in [0, 0.1) is 0 Å². The van der Waals surface area contributed by atoms with Crippen LogP contribution < -0.4 is 14.8 Å². The van der Waals surface area contributed by atoms with Crippen LogP contribution in [-0.2, 0) is 11.3 Å². The predicted molar refractivity (Wildman–Crippen MR) is 90.8 cm³/mol. The van der Waals surface area contributed by atoms with Crippen LogP contribution in [-0.4, -0.2) is 35.2 Å². The highest BCUT2D eigenvalue weighted by atomic mass is 19.3. The van der Waals surface area contributed by atoms with E-state index in [2.05, 4.69) is 15.2 Å². The van der Waals surface area contributed by atoms with Crippen LogP contribution in [0.3, 0.4) is 0 Å². The number of ether oxygens (including phenoxy) is 3. The second-order valence-corrected chi connectivity index (χ2v) is 6.38. The molecule has 7 nitrogen and oxygen atoms in total. The van der Waals surface area contributed by atoms with Gasteiger partial charge in [0.1, 0.15) is 11.4 Å². The molecule has 0 bridgehead atoms. The van der Waals surface area contributed by atoms with Crippen molar-refractivity contribution in [3.8, 4) is 11.6 Å². The van der Waals surface area contributed by atoms with Crippen LogP contribution in [0.25, 0.3) is 0 Å². The van der Waals surface area contributed by atoms with Crippen LogP contribution in [0.15, 0.2) is 30.3 Å². The molecule has 9 heteroatoms. The number of carbonyl (C=O) groups is 1. The highest BCUT2D eigenvalue weighted by Crippen LogP contribution is 2.22. The number of anilines is 1. The molecule has 0 saturated carbocycles. The van der Waals surface area contributed by atoms with E-state index in [0.717, 1.165) is 5.56 Å². The second kappa shape index (κ2) is 8.03. The lowest BCUT2D eigenvalue weighted by atomic mass is 10.2. The van der Waals surface area contributed by atoms with E-state index < -0.39 is 18.3 Å². The number of nitrogens with one attached hydrogen (secondary N) is 1. The van der Waals surface area contributed by atoms with Crippen molar-refractivity contribution in [1.82, 2.24) is 9.78 Å². The van der Waals surface area contributed by atoms with Gasteiger partial charge in [0, 0.05) is 6.07 Å². The van der Waals surface area contributed by atoms with Gasteiger partial charge in [-0.15, -0.1) is 0 Å².